The Labute approximate surface area is 271 Å². The van der Waals surface area contributed by atoms with Crippen LogP contribution in [0.1, 0.15) is 35.1 Å². The number of fused-ring (bicyclic) bond motifs is 4. The molecule has 1 saturated heterocycles. The van der Waals surface area contributed by atoms with Crippen molar-refractivity contribution in [3.8, 4) is 11.5 Å². The first-order chi connectivity index (χ1) is 21.6. The number of phenolic OH excluding ortho intramolecular Hbond substituents is 1. The van der Waals surface area contributed by atoms with Crippen molar-refractivity contribution in [1.82, 2.24) is 18.9 Å². The van der Waals surface area contributed by atoms with Gasteiger partial charge < -0.3 is 9.84 Å². The minimum absolute atomic E-state index is 0.0400. The molecule has 11 nitrogen and oxygen atoms in total. The number of allylic oxidation sites excluding steroid dienone is 2. The van der Waals surface area contributed by atoms with E-state index >= 15 is 4.79 Å². The van der Waals surface area contributed by atoms with Crippen LogP contribution >= 0.6 is 22.6 Å². The summed E-state index contributed by atoms with van der Waals surface area (Å²) in [4.78, 5) is 56.2. The van der Waals surface area contributed by atoms with Gasteiger partial charge in [0.2, 0.25) is 0 Å². The van der Waals surface area contributed by atoms with Crippen LogP contribution in [0.2, 0.25) is 0 Å². The molecule has 2 aliphatic heterocycles. The molecule has 2 amide bonds. The van der Waals surface area contributed by atoms with Crippen LogP contribution in [-0.2, 0) is 28.6 Å². The molecule has 7 rings (SSSR count). The van der Waals surface area contributed by atoms with Gasteiger partial charge in [-0.3, -0.25) is 15.0 Å². The zero-order chi connectivity index (χ0) is 31.8. The summed E-state index contributed by atoms with van der Waals surface area (Å²) >= 11 is 2.02. The largest absolute Gasteiger partial charge is 0.504 e. The number of aryl methyl sites for hydroxylation is 1. The topological polar surface area (TPSA) is 128 Å². The van der Waals surface area contributed by atoms with Crippen LogP contribution in [0.25, 0.3) is 0 Å². The molecule has 45 heavy (non-hydrogen) atoms. The Morgan fingerprint density at radius 3 is 2.40 bits per heavy atom. The number of hydrogen-bond acceptors (Lipinski definition) is 7. The highest BCUT2D eigenvalue weighted by atomic mass is 127. The second-order valence-corrected chi connectivity index (χ2v) is 12.9. The van der Waals surface area contributed by atoms with Gasteiger partial charge in [-0.2, -0.15) is 5.01 Å². The highest BCUT2D eigenvalue weighted by Gasteiger charge is 2.68. The van der Waals surface area contributed by atoms with Crippen molar-refractivity contribution in [3.63, 3.8) is 0 Å². The van der Waals surface area contributed by atoms with Crippen molar-refractivity contribution in [2.75, 3.05) is 12.5 Å². The summed E-state index contributed by atoms with van der Waals surface area (Å²) in [6.45, 7) is 2.07. The summed E-state index contributed by atoms with van der Waals surface area (Å²) in [5, 5.41) is 11.9. The normalized spacial score (nSPS) is 23.7. The number of amides is 2. The van der Waals surface area contributed by atoms with E-state index < -0.39 is 46.5 Å². The Hall–Kier alpha value is -4.59. The number of hydrogen-bond donors (Lipinski definition) is 2. The molecule has 0 bridgehead atoms. The Morgan fingerprint density at radius 1 is 1.00 bits per heavy atom. The highest BCUT2D eigenvalue weighted by molar-refractivity contribution is 14.1. The number of imide groups is 1. The zero-order valence-electron chi connectivity index (χ0n) is 24.7. The summed E-state index contributed by atoms with van der Waals surface area (Å²) in [7, 11) is 2.88. The standard InChI is InChI=1S/C33H30IN5O6/c1-18-9-11-21(12-10-18)35-38-29(41)23-17-25-22(13-14-37-31(43)36(2)32(44)39(25)37)27(19-15-24(34)28(40)26(16-19)45-3)33(23,30(38)42)20-7-5-4-6-8-20/h4-13,15-16,23,25,27,35,40H,14,17H2,1-3H3. The molecule has 1 aliphatic carbocycles. The van der Waals surface area contributed by atoms with Gasteiger partial charge in [0.25, 0.3) is 11.8 Å². The number of anilines is 1. The van der Waals surface area contributed by atoms with Gasteiger partial charge in [-0.15, -0.1) is 0 Å². The van der Waals surface area contributed by atoms with E-state index in [1.807, 2.05) is 90.2 Å². The lowest BCUT2D eigenvalue weighted by molar-refractivity contribution is -0.138. The summed E-state index contributed by atoms with van der Waals surface area (Å²) in [6, 6.07) is 19.5. The maximum atomic E-state index is 15.1. The first-order valence-corrected chi connectivity index (χ1v) is 15.6. The number of halogens is 1. The number of ether oxygens (including phenoxy) is 1. The van der Waals surface area contributed by atoms with Crippen LogP contribution in [0.15, 0.2) is 88.0 Å². The molecule has 3 aliphatic rings. The molecule has 3 heterocycles. The second kappa shape index (κ2) is 10.5. The van der Waals surface area contributed by atoms with Crippen LogP contribution in [0, 0.1) is 16.4 Å². The van der Waals surface area contributed by atoms with Crippen LogP contribution in [0.5, 0.6) is 11.5 Å². The predicted molar refractivity (Wildman–Crippen MR) is 174 cm³/mol. The van der Waals surface area contributed by atoms with Gasteiger partial charge in [0, 0.05) is 13.0 Å². The van der Waals surface area contributed by atoms with Crippen molar-refractivity contribution in [3.05, 3.63) is 120 Å². The number of benzene rings is 3. The smallest absolute Gasteiger partial charge is 0.347 e. The number of hydrazine groups is 1. The molecular formula is C33H30IN5O6. The monoisotopic (exact) mass is 719 g/mol. The molecule has 4 unspecified atom stereocenters. The van der Waals surface area contributed by atoms with E-state index in [0.29, 0.717) is 20.4 Å². The molecule has 0 radical (unpaired) electrons. The van der Waals surface area contributed by atoms with Gasteiger partial charge in [0.05, 0.1) is 40.3 Å². The van der Waals surface area contributed by atoms with Crippen molar-refractivity contribution < 1.29 is 19.4 Å². The van der Waals surface area contributed by atoms with E-state index in [1.165, 1.54) is 23.5 Å². The van der Waals surface area contributed by atoms with E-state index in [0.717, 1.165) is 20.7 Å². The number of carbonyl (C=O) groups is 2. The summed E-state index contributed by atoms with van der Waals surface area (Å²) in [6.07, 6.45) is 2.01. The van der Waals surface area contributed by atoms with Gasteiger partial charge in [-0.05, 0) is 76.9 Å². The van der Waals surface area contributed by atoms with E-state index in [-0.39, 0.29) is 24.5 Å². The highest BCUT2D eigenvalue weighted by Crippen LogP contribution is 2.62. The minimum atomic E-state index is -1.43. The molecular weight excluding hydrogens is 689 g/mol. The molecule has 2 N–H and O–H groups in total. The fraction of sp³-hybridized carbons (Fsp3) is 0.273. The maximum absolute atomic E-state index is 15.1. The molecule has 12 heteroatoms. The number of methoxy groups -OCH3 is 1. The average molecular weight is 720 g/mol. The Bertz CT molecular complexity index is 2030. The third-order valence-electron chi connectivity index (χ3n) is 9.45. The number of phenols is 1. The van der Waals surface area contributed by atoms with Crippen molar-refractivity contribution in [2.24, 2.45) is 13.0 Å². The Balaban J connectivity index is 1.52. The third kappa shape index (κ3) is 4.07. The van der Waals surface area contributed by atoms with Crippen LogP contribution in [0.4, 0.5) is 5.69 Å². The van der Waals surface area contributed by atoms with Gasteiger partial charge in [-0.25, -0.2) is 23.5 Å². The second-order valence-electron chi connectivity index (χ2n) is 11.7. The summed E-state index contributed by atoms with van der Waals surface area (Å²) in [5.41, 5.74) is 4.33. The van der Waals surface area contributed by atoms with Gasteiger partial charge in [0.1, 0.15) is 0 Å². The summed E-state index contributed by atoms with van der Waals surface area (Å²) < 4.78 is 9.91. The van der Waals surface area contributed by atoms with Gasteiger partial charge in [-0.1, -0.05) is 54.1 Å². The van der Waals surface area contributed by atoms with Crippen molar-refractivity contribution in [2.45, 2.75) is 37.3 Å². The lowest BCUT2D eigenvalue weighted by Crippen LogP contribution is -2.53. The molecule has 4 aromatic rings. The number of rotatable bonds is 5. The fourth-order valence-electron chi connectivity index (χ4n) is 7.41. The van der Waals surface area contributed by atoms with Gasteiger partial charge >= 0.3 is 11.4 Å². The van der Waals surface area contributed by atoms with Crippen molar-refractivity contribution >= 4 is 40.1 Å². The first kappa shape index (κ1) is 29.1. The lowest BCUT2D eigenvalue weighted by atomic mass is 9.53. The summed E-state index contributed by atoms with van der Waals surface area (Å²) in [5.74, 6) is -2.36. The van der Waals surface area contributed by atoms with Crippen LogP contribution < -0.4 is 21.5 Å². The zero-order valence-corrected chi connectivity index (χ0v) is 26.9. The third-order valence-corrected chi connectivity index (χ3v) is 10.3. The van der Waals surface area contributed by atoms with Crippen LogP contribution in [-0.4, -0.2) is 43.0 Å². The van der Waals surface area contributed by atoms with Crippen LogP contribution in [0.3, 0.4) is 0 Å². The number of nitrogens with zero attached hydrogens (tertiary/aromatic N) is 4. The van der Waals surface area contributed by atoms with Gasteiger partial charge in [0.15, 0.2) is 11.5 Å². The lowest BCUT2D eigenvalue weighted by Gasteiger charge is -2.49. The van der Waals surface area contributed by atoms with E-state index in [9.17, 15) is 19.5 Å². The number of aromatic nitrogens is 3. The first-order valence-electron chi connectivity index (χ1n) is 14.5. The van der Waals surface area contributed by atoms with E-state index in [1.54, 1.807) is 12.1 Å². The Kier molecular flexibility index (Phi) is 6.80. The quantitative estimate of drug-likeness (QED) is 0.184. The molecule has 230 valence electrons. The molecule has 1 saturated carbocycles. The number of carbonyl (C=O) groups excluding carboxylic acids is 2. The fourth-order valence-corrected chi connectivity index (χ4v) is 8.03. The molecule has 3 aromatic carbocycles. The van der Waals surface area contributed by atoms with Crippen molar-refractivity contribution in [1.29, 1.82) is 0 Å². The van der Waals surface area contributed by atoms with E-state index in [4.69, 9.17) is 4.74 Å². The average Bonchev–Trinajstić information content (AvgIpc) is 3.40. The molecule has 4 atom stereocenters. The number of nitrogens with one attached hydrogen (secondary N) is 1. The molecule has 1 aromatic heterocycles. The maximum Gasteiger partial charge on any atom is 0.347 e. The minimum Gasteiger partial charge on any atom is -0.504 e. The number of aromatic hydroxyl groups is 1. The predicted octanol–water partition coefficient (Wildman–Crippen LogP) is 3.59. The van der Waals surface area contributed by atoms with E-state index in [2.05, 4.69) is 5.43 Å². The molecule has 0 spiro atoms. The molecule has 2 fully saturated rings. The Morgan fingerprint density at radius 2 is 1.71 bits per heavy atom. The SMILES string of the molecule is COc1cc(C2C3=CCn4c(=O)n(C)c(=O)n4C3CC3C(=O)N(Nc4ccc(C)cc4)C(=O)C32c2ccccc2)cc(I)c1O.